The molecule has 0 aromatic rings. The maximum atomic E-state index is 14.3. The number of hydrogen-bond acceptors (Lipinski definition) is 8. The van der Waals surface area contributed by atoms with Gasteiger partial charge in [0.25, 0.3) is 0 Å². The summed E-state index contributed by atoms with van der Waals surface area (Å²) in [7, 11) is 0. The highest BCUT2D eigenvalue weighted by atomic mass is 16.6. The van der Waals surface area contributed by atoms with Crippen LogP contribution in [0.5, 0.6) is 0 Å². The van der Waals surface area contributed by atoms with Crippen LogP contribution in [0.4, 0.5) is 0 Å². The summed E-state index contributed by atoms with van der Waals surface area (Å²) in [6.45, 7) is 14.3. The van der Waals surface area contributed by atoms with Crippen molar-refractivity contribution in [1.82, 2.24) is 14.7 Å². The molecule has 10 nitrogen and oxygen atoms in total. The molecule has 2 bridgehead atoms. The lowest BCUT2D eigenvalue weighted by Crippen LogP contribution is -2.57. The van der Waals surface area contributed by atoms with E-state index in [9.17, 15) is 19.5 Å². The molecule has 4 fully saturated rings. The summed E-state index contributed by atoms with van der Waals surface area (Å²) < 4.78 is 17.8. The average molecular weight is 534 g/mol. The van der Waals surface area contributed by atoms with E-state index in [1.54, 1.807) is 22.0 Å². The Morgan fingerprint density at radius 2 is 1.97 bits per heavy atom. The van der Waals surface area contributed by atoms with Gasteiger partial charge in [0.1, 0.15) is 17.6 Å². The number of nitrogens with zero attached hydrogens (tertiary/aromatic N) is 3. The van der Waals surface area contributed by atoms with Crippen molar-refractivity contribution in [2.45, 2.75) is 56.3 Å². The van der Waals surface area contributed by atoms with Crippen LogP contribution in [-0.2, 0) is 28.6 Å². The lowest BCUT2D eigenvalue weighted by molar-refractivity contribution is -0.162. The number of carbonyl (C=O) groups is 3. The average Bonchev–Trinajstić information content (AvgIpc) is 3.53. The molecule has 4 heterocycles. The van der Waals surface area contributed by atoms with Crippen LogP contribution in [0.15, 0.2) is 25.3 Å². The van der Waals surface area contributed by atoms with Gasteiger partial charge in [-0.1, -0.05) is 19.1 Å². The smallest absolute Gasteiger partial charge is 0.312 e. The molecule has 0 aromatic carbocycles. The number of hydrogen-bond donors (Lipinski definition) is 1. The van der Waals surface area contributed by atoms with E-state index in [1.807, 2.05) is 6.92 Å². The maximum Gasteiger partial charge on any atom is 0.312 e. The zero-order valence-electron chi connectivity index (χ0n) is 22.6. The van der Waals surface area contributed by atoms with Gasteiger partial charge in [0.05, 0.1) is 31.3 Å². The van der Waals surface area contributed by atoms with Crippen LogP contribution in [0.3, 0.4) is 0 Å². The van der Waals surface area contributed by atoms with Gasteiger partial charge in [-0.25, -0.2) is 0 Å². The fourth-order valence-electron chi connectivity index (χ4n) is 6.88. The van der Waals surface area contributed by atoms with E-state index in [2.05, 4.69) is 18.1 Å². The number of rotatable bonds is 14. The second-order valence-electron chi connectivity index (χ2n) is 10.7. The Hall–Kier alpha value is -2.27. The molecule has 38 heavy (non-hydrogen) atoms. The van der Waals surface area contributed by atoms with Crippen LogP contribution < -0.4 is 0 Å². The minimum atomic E-state index is -1.10. The second kappa shape index (κ2) is 12.3. The molecule has 2 amide bonds. The van der Waals surface area contributed by atoms with Gasteiger partial charge in [0.2, 0.25) is 11.8 Å². The van der Waals surface area contributed by atoms with Gasteiger partial charge in [0.15, 0.2) is 0 Å². The Morgan fingerprint density at radius 1 is 1.21 bits per heavy atom. The largest absolute Gasteiger partial charge is 0.465 e. The molecule has 5 atom stereocenters. The molecule has 1 N–H and O–H groups in total. The lowest BCUT2D eigenvalue weighted by atomic mass is 9.65. The maximum absolute atomic E-state index is 14.3. The topological polar surface area (TPSA) is 109 Å². The van der Waals surface area contributed by atoms with Crippen molar-refractivity contribution in [3.63, 3.8) is 0 Å². The summed E-state index contributed by atoms with van der Waals surface area (Å²) in [4.78, 5) is 47.3. The summed E-state index contributed by atoms with van der Waals surface area (Å²) in [6.07, 6.45) is 5.88. The predicted molar refractivity (Wildman–Crippen MR) is 140 cm³/mol. The summed E-state index contributed by atoms with van der Waals surface area (Å²) >= 11 is 0. The van der Waals surface area contributed by atoms with Gasteiger partial charge < -0.3 is 29.1 Å². The first-order valence-electron chi connectivity index (χ1n) is 14.0. The Morgan fingerprint density at radius 3 is 2.63 bits per heavy atom. The molecule has 0 aliphatic carbocycles. The minimum Gasteiger partial charge on any atom is -0.465 e. The van der Waals surface area contributed by atoms with Crippen molar-refractivity contribution < 1.29 is 33.7 Å². The van der Waals surface area contributed by atoms with Crippen molar-refractivity contribution in [2.24, 2.45) is 11.8 Å². The highest BCUT2D eigenvalue weighted by molar-refractivity contribution is 5.98. The molecule has 212 valence electrons. The van der Waals surface area contributed by atoms with E-state index in [1.165, 1.54) is 0 Å². The normalized spacial score (nSPS) is 32.3. The van der Waals surface area contributed by atoms with Gasteiger partial charge in [-0.2, -0.15) is 0 Å². The predicted octanol–water partition coefficient (Wildman–Crippen LogP) is 0.990. The number of carbonyl (C=O) groups excluding carboxylic acids is 3. The monoisotopic (exact) mass is 533 g/mol. The molecule has 4 aliphatic heterocycles. The molecule has 1 spiro atoms. The van der Waals surface area contributed by atoms with Crippen LogP contribution >= 0.6 is 0 Å². The van der Waals surface area contributed by atoms with Gasteiger partial charge >= 0.3 is 5.97 Å². The van der Waals surface area contributed by atoms with Crippen molar-refractivity contribution in [3.8, 4) is 0 Å². The third-order valence-corrected chi connectivity index (χ3v) is 8.74. The Kier molecular flexibility index (Phi) is 9.28. The van der Waals surface area contributed by atoms with Crippen molar-refractivity contribution in [2.75, 3.05) is 65.7 Å². The van der Waals surface area contributed by atoms with E-state index in [-0.39, 0.29) is 31.6 Å². The van der Waals surface area contributed by atoms with Gasteiger partial charge in [-0.3, -0.25) is 19.3 Å². The van der Waals surface area contributed by atoms with Crippen LogP contribution in [0.1, 0.15) is 39.0 Å². The molecular formula is C28H43N3O7. The fourth-order valence-corrected chi connectivity index (χ4v) is 6.88. The zero-order chi connectivity index (χ0) is 27.3. The number of ether oxygens (including phenoxy) is 3. The molecule has 0 aromatic heterocycles. The van der Waals surface area contributed by atoms with Crippen LogP contribution in [0.2, 0.25) is 0 Å². The molecule has 4 rings (SSSR count). The molecule has 4 aliphatic rings. The van der Waals surface area contributed by atoms with Gasteiger partial charge in [-0.15, -0.1) is 13.2 Å². The Labute approximate surface area is 225 Å². The highest BCUT2D eigenvalue weighted by Gasteiger charge is 2.79. The number of esters is 1. The van der Waals surface area contributed by atoms with Crippen LogP contribution in [0.25, 0.3) is 0 Å². The number of fused-ring (bicyclic) bond motifs is 1. The number of aliphatic hydroxyl groups is 1. The fraction of sp³-hybridized carbons (Fsp3) is 0.750. The highest BCUT2D eigenvalue weighted by Crippen LogP contribution is 2.64. The van der Waals surface area contributed by atoms with Gasteiger partial charge in [-0.05, 0) is 32.1 Å². The molecule has 10 heteroatoms. The first-order valence-corrected chi connectivity index (χ1v) is 14.0. The standard InChI is InChI=1S/C28H43N3O7/c1-4-7-18-37-26(35)22-21-24(33)31(12-8-17-32)23(28(21)10-9-27(22,6-3)38-28)25(34)30(11-5-2)14-13-29-15-19-36-20-16-29/h4-5,21-23,32H,1-2,6-20H2,3H3/t21-,22+,23?,27-,28?/m0/s1. The first-order chi connectivity index (χ1) is 18.4. The Bertz CT molecular complexity index is 907. The number of morpholine rings is 1. The van der Waals surface area contributed by atoms with E-state index >= 15 is 0 Å². The third kappa shape index (κ3) is 5.03. The first kappa shape index (κ1) is 28.7. The SMILES string of the molecule is C=CCCOC(=O)[C@H]1[C@H]2C(=O)N(CCCO)C(C(=O)N(CC=C)CCN3CCOCC3)C23CC[C@]1(CC)O3. The van der Waals surface area contributed by atoms with E-state index in [4.69, 9.17) is 14.2 Å². The third-order valence-electron chi connectivity index (χ3n) is 8.74. The van der Waals surface area contributed by atoms with Crippen molar-refractivity contribution in [3.05, 3.63) is 25.3 Å². The molecule has 0 radical (unpaired) electrons. The van der Waals surface area contributed by atoms with Crippen LogP contribution in [0, 0.1) is 11.8 Å². The molecule has 4 saturated heterocycles. The number of likely N-dealkylation sites (tertiary alicyclic amines) is 1. The van der Waals surface area contributed by atoms with Gasteiger partial charge in [0, 0.05) is 45.9 Å². The molecular weight excluding hydrogens is 490 g/mol. The van der Waals surface area contributed by atoms with Crippen molar-refractivity contribution in [1.29, 1.82) is 0 Å². The van der Waals surface area contributed by atoms with Crippen LogP contribution in [-0.4, -0.2) is 121 Å². The van der Waals surface area contributed by atoms with E-state index in [0.29, 0.717) is 65.0 Å². The second-order valence-corrected chi connectivity index (χ2v) is 10.7. The summed E-state index contributed by atoms with van der Waals surface area (Å²) in [5.74, 6) is -2.46. The molecule has 0 saturated carbocycles. The summed E-state index contributed by atoms with van der Waals surface area (Å²) in [5.41, 5.74) is -1.93. The number of aliphatic hydroxyl groups excluding tert-OH is 1. The van der Waals surface area contributed by atoms with Crippen molar-refractivity contribution >= 4 is 17.8 Å². The minimum absolute atomic E-state index is 0.109. The molecule has 2 unspecified atom stereocenters. The Balaban J connectivity index is 1.64. The summed E-state index contributed by atoms with van der Waals surface area (Å²) in [5, 5.41) is 9.56. The lowest BCUT2D eigenvalue weighted by Gasteiger charge is -2.37. The quantitative estimate of drug-likeness (QED) is 0.200. The number of amides is 2. The summed E-state index contributed by atoms with van der Waals surface area (Å²) in [6, 6.07) is -0.865. The zero-order valence-corrected chi connectivity index (χ0v) is 22.6. The van der Waals surface area contributed by atoms with E-state index < -0.39 is 35.0 Å². The van der Waals surface area contributed by atoms with E-state index in [0.717, 1.165) is 13.1 Å².